The number of nitrogens with zero attached hydrogens (tertiary/aromatic N) is 2. The van der Waals surface area contributed by atoms with Crippen molar-refractivity contribution in [3.8, 4) is 0 Å². The van der Waals surface area contributed by atoms with Crippen molar-refractivity contribution >= 4 is 27.6 Å². The van der Waals surface area contributed by atoms with Gasteiger partial charge in [-0.05, 0) is 25.1 Å². The summed E-state index contributed by atoms with van der Waals surface area (Å²) in [6.45, 7) is 2.80. The van der Waals surface area contributed by atoms with Crippen LogP contribution in [0, 0.1) is 5.82 Å². The molecule has 0 aliphatic rings. The smallest absolute Gasteiger partial charge is 0.207 e. The third-order valence-electron chi connectivity index (χ3n) is 2.23. The summed E-state index contributed by atoms with van der Waals surface area (Å²) in [5, 5.41) is 2.95. The molecule has 0 amide bonds. The average Bonchev–Trinajstić information content (AvgIpc) is 2.69. The maximum Gasteiger partial charge on any atom is 0.207 e. The average molecular weight is 284 g/mol. The van der Waals surface area contributed by atoms with E-state index in [9.17, 15) is 4.39 Å². The fourth-order valence-corrected chi connectivity index (χ4v) is 1.73. The highest BCUT2D eigenvalue weighted by atomic mass is 79.9. The van der Waals surface area contributed by atoms with Crippen molar-refractivity contribution in [3.63, 3.8) is 0 Å². The second-order valence-corrected chi connectivity index (χ2v) is 4.20. The Morgan fingerprint density at radius 3 is 3.00 bits per heavy atom. The van der Waals surface area contributed by atoms with Gasteiger partial charge in [-0.25, -0.2) is 9.37 Å². The molecule has 0 fully saturated rings. The summed E-state index contributed by atoms with van der Waals surface area (Å²) in [6.07, 6.45) is 3.53. The van der Waals surface area contributed by atoms with E-state index in [4.69, 9.17) is 0 Å². The number of aryl methyl sites for hydroxylation is 1. The molecule has 1 N–H and O–H groups in total. The van der Waals surface area contributed by atoms with Crippen LogP contribution in [-0.4, -0.2) is 9.55 Å². The SMILES string of the molecule is CCn1ccnc1Nc1ccc(Br)cc1F. The number of benzene rings is 1. The van der Waals surface area contributed by atoms with Crippen molar-refractivity contribution in [2.45, 2.75) is 13.5 Å². The summed E-state index contributed by atoms with van der Waals surface area (Å²) in [5.41, 5.74) is 0.420. The van der Waals surface area contributed by atoms with E-state index in [1.807, 2.05) is 17.7 Å². The molecule has 0 atom stereocenters. The second-order valence-electron chi connectivity index (χ2n) is 3.29. The topological polar surface area (TPSA) is 29.9 Å². The third kappa shape index (κ3) is 2.24. The van der Waals surface area contributed by atoms with Crippen molar-refractivity contribution in [1.82, 2.24) is 9.55 Å². The van der Waals surface area contributed by atoms with Gasteiger partial charge >= 0.3 is 0 Å². The Morgan fingerprint density at radius 1 is 1.50 bits per heavy atom. The van der Waals surface area contributed by atoms with Crippen LogP contribution >= 0.6 is 15.9 Å². The van der Waals surface area contributed by atoms with Gasteiger partial charge in [-0.1, -0.05) is 15.9 Å². The van der Waals surface area contributed by atoms with E-state index < -0.39 is 0 Å². The minimum atomic E-state index is -0.306. The van der Waals surface area contributed by atoms with E-state index in [-0.39, 0.29) is 5.82 Å². The van der Waals surface area contributed by atoms with Gasteiger partial charge in [0.1, 0.15) is 5.82 Å². The lowest BCUT2D eigenvalue weighted by molar-refractivity contribution is 0.630. The second kappa shape index (κ2) is 4.65. The number of halogens is 2. The minimum Gasteiger partial charge on any atom is -0.323 e. The summed E-state index contributed by atoms with van der Waals surface area (Å²) in [6, 6.07) is 4.88. The summed E-state index contributed by atoms with van der Waals surface area (Å²) in [4.78, 5) is 4.12. The summed E-state index contributed by atoms with van der Waals surface area (Å²) in [5.74, 6) is 0.337. The van der Waals surface area contributed by atoms with Crippen LogP contribution in [0.25, 0.3) is 0 Å². The lowest BCUT2D eigenvalue weighted by Crippen LogP contribution is -2.02. The summed E-state index contributed by atoms with van der Waals surface area (Å²) in [7, 11) is 0. The van der Waals surface area contributed by atoms with Crippen LogP contribution in [0.2, 0.25) is 0 Å². The highest BCUT2D eigenvalue weighted by Crippen LogP contribution is 2.22. The van der Waals surface area contributed by atoms with Gasteiger partial charge in [-0.15, -0.1) is 0 Å². The lowest BCUT2D eigenvalue weighted by atomic mass is 10.3. The van der Waals surface area contributed by atoms with Crippen LogP contribution in [0.3, 0.4) is 0 Å². The first kappa shape index (κ1) is 11.1. The number of imidazole rings is 1. The van der Waals surface area contributed by atoms with Crippen LogP contribution in [-0.2, 0) is 6.54 Å². The van der Waals surface area contributed by atoms with Gasteiger partial charge < -0.3 is 9.88 Å². The summed E-state index contributed by atoms with van der Waals surface area (Å²) >= 11 is 3.21. The molecule has 0 radical (unpaired) electrons. The molecule has 1 aromatic carbocycles. The first-order chi connectivity index (χ1) is 7.70. The predicted octanol–water partition coefficient (Wildman–Crippen LogP) is 3.55. The Balaban J connectivity index is 2.27. The van der Waals surface area contributed by atoms with Crippen molar-refractivity contribution in [1.29, 1.82) is 0 Å². The van der Waals surface area contributed by atoms with Gasteiger partial charge in [0.25, 0.3) is 0 Å². The highest BCUT2D eigenvalue weighted by molar-refractivity contribution is 9.10. The van der Waals surface area contributed by atoms with Crippen LogP contribution in [0.1, 0.15) is 6.92 Å². The van der Waals surface area contributed by atoms with Crippen molar-refractivity contribution in [2.24, 2.45) is 0 Å². The van der Waals surface area contributed by atoms with Crippen LogP contribution in [0.15, 0.2) is 35.1 Å². The molecule has 0 bridgehead atoms. The standard InChI is InChI=1S/C11H11BrFN3/c1-2-16-6-5-14-11(16)15-10-4-3-8(12)7-9(10)13/h3-7H,2H2,1H3,(H,14,15). The minimum absolute atomic E-state index is 0.306. The maximum atomic E-state index is 13.5. The lowest BCUT2D eigenvalue weighted by Gasteiger charge is -2.08. The van der Waals surface area contributed by atoms with E-state index in [1.54, 1.807) is 18.3 Å². The van der Waals surface area contributed by atoms with Crippen molar-refractivity contribution in [3.05, 3.63) is 40.9 Å². The fraction of sp³-hybridized carbons (Fsp3) is 0.182. The fourth-order valence-electron chi connectivity index (χ4n) is 1.40. The zero-order chi connectivity index (χ0) is 11.5. The number of aromatic nitrogens is 2. The Hall–Kier alpha value is -1.36. The number of hydrogen-bond donors (Lipinski definition) is 1. The van der Waals surface area contributed by atoms with Crippen LogP contribution in [0.5, 0.6) is 0 Å². The number of nitrogens with one attached hydrogen (secondary N) is 1. The van der Waals surface area contributed by atoms with Gasteiger partial charge in [-0.3, -0.25) is 0 Å². The van der Waals surface area contributed by atoms with Crippen LogP contribution < -0.4 is 5.32 Å². The van der Waals surface area contributed by atoms with E-state index in [0.717, 1.165) is 11.0 Å². The number of anilines is 2. The molecule has 5 heteroatoms. The molecule has 1 aromatic heterocycles. The molecule has 0 spiro atoms. The molecule has 16 heavy (non-hydrogen) atoms. The molecule has 2 aromatic rings. The monoisotopic (exact) mass is 283 g/mol. The molecule has 0 unspecified atom stereocenters. The Bertz CT molecular complexity index is 496. The van der Waals surface area contributed by atoms with E-state index >= 15 is 0 Å². The summed E-state index contributed by atoms with van der Waals surface area (Å²) < 4.78 is 16.2. The Kier molecular flexibility index (Phi) is 3.24. The molecular weight excluding hydrogens is 273 g/mol. The van der Waals surface area contributed by atoms with E-state index in [2.05, 4.69) is 26.2 Å². The molecule has 1 heterocycles. The molecule has 0 saturated heterocycles. The number of hydrogen-bond acceptors (Lipinski definition) is 2. The first-order valence-corrected chi connectivity index (χ1v) is 5.73. The van der Waals surface area contributed by atoms with Gasteiger partial charge in [0.15, 0.2) is 0 Å². The molecule has 3 nitrogen and oxygen atoms in total. The van der Waals surface area contributed by atoms with Gasteiger partial charge in [0.05, 0.1) is 5.69 Å². The van der Waals surface area contributed by atoms with Gasteiger partial charge in [0, 0.05) is 23.4 Å². The molecule has 0 aliphatic carbocycles. The van der Waals surface area contributed by atoms with E-state index in [0.29, 0.717) is 11.6 Å². The zero-order valence-electron chi connectivity index (χ0n) is 8.74. The normalized spacial score (nSPS) is 10.4. The number of rotatable bonds is 3. The zero-order valence-corrected chi connectivity index (χ0v) is 10.3. The quantitative estimate of drug-likeness (QED) is 0.934. The maximum absolute atomic E-state index is 13.5. The van der Waals surface area contributed by atoms with Gasteiger partial charge in [-0.2, -0.15) is 0 Å². The van der Waals surface area contributed by atoms with Crippen LogP contribution in [0.4, 0.5) is 16.0 Å². The first-order valence-electron chi connectivity index (χ1n) is 4.94. The molecule has 2 rings (SSSR count). The Morgan fingerprint density at radius 2 is 2.31 bits per heavy atom. The van der Waals surface area contributed by atoms with Crippen molar-refractivity contribution in [2.75, 3.05) is 5.32 Å². The molecule has 84 valence electrons. The molecular formula is C11H11BrFN3. The molecule has 0 aliphatic heterocycles. The third-order valence-corrected chi connectivity index (χ3v) is 2.73. The highest BCUT2D eigenvalue weighted by Gasteiger charge is 2.06. The van der Waals surface area contributed by atoms with Gasteiger partial charge in [0.2, 0.25) is 5.95 Å². The van der Waals surface area contributed by atoms with Crippen molar-refractivity contribution < 1.29 is 4.39 Å². The largest absolute Gasteiger partial charge is 0.323 e. The molecule has 0 saturated carbocycles. The van der Waals surface area contributed by atoms with E-state index in [1.165, 1.54) is 6.07 Å². The Labute approximate surface area is 101 Å². The predicted molar refractivity (Wildman–Crippen MR) is 65.3 cm³/mol.